The van der Waals surface area contributed by atoms with Crippen molar-refractivity contribution in [3.8, 4) is 0 Å². The van der Waals surface area contributed by atoms with Crippen molar-refractivity contribution in [2.24, 2.45) is 0 Å². The average molecular weight is 570 g/mol. The van der Waals surface area contributed by atoms with E-state index in [1.165, 1.54) is 4.90 Å². The molecule has 0 aliphatic heterocycles. The van der Waals surface area contributed by atoms with Gasteiger partial charge in [0.1, 0.15) is 12.6 Å². The summed E-state index contributed by atoms with van der Waals surface area (Å²) in [6, 6.07) is 21.0. The highest BCUT2D eigenvalue weighted by Crippen LogP contribution is 2.25. The van der Waals surface area contributed by atoms with E-state index in [0.717, 1.165) is 39.2 Å². The van der Waals surface area contributed by atoms with Crippen molar-refractivity contribution in [2.75, 3.05) is 23.7 Å². The molecule has 208 valence electrons. The van der Waals surface area contributed by atoms with Gasteiger partial charge in [-0.2, -0.15) is 0 Å². The van der Waals surface area contributed by atoms with E-state index in [9.17, 15) is 18.0 Å². The Hall–Kier alpha value is -3.36. The summed E-state index contributed by atoms with van der Waals surface area (Å²) in [5.74, 6) is -0.775. The molecule has 0 radical (unpaired) electrons. The zero-order valence-corrected chi connectivity index (χ0v) is 24.4. The Bertz CT molecular complexity index is 1380. The fourth-order valence-corrected chi connectivity index (χ4v) is 5.42. The van der Waals surface area contributed by atoms with E-state index in [-0.39, 0.29) is 18.9 Å². The summed E-state index contributed by atoms with van der Waals surface area (Å²) >= 11 is 6.08. The standard InChI is InChI=1S/C30H36ClN3O4S/c1-5-17-32-30(36)28(19-24-9-7-6-8-10-24)33(20-25-12-14-26(31)15-13-25)29(35)21-34(39(4,37)38)27-16-11-22(2)18-23(27)3/h6-16,18,28H,5,17,19-21H2,1-4H3,(H,32,36)/t28-/m0/s1. The Labute approximate surface area is 236 Å². The first-order valence-electron chi connectivity index (χ1n) is 12.9. The van der Waals surface area contributed by atoms with Crippen molar-refractivity contribution >= 4 is 39.1 Å². The summed E-state index contributed by atoms with van der Waals surface area (Å²) in [6.45, 7) is 5.82. The molecule has 3 aromatic rings. The molecule has 0 unspecified atom stereocenters. The summed E-state index contributed by atoms with van der Waals surface area (Å²) in [4.78, 5) is 29.0. The Kier molecular flexibility index (Phi) is 10.5. The number of carbonyl (C=O) groups excluding carboxylic acids is 2. The molecule has 0 saturated carbocycles. The van der Waals surface area contributed by atoms with Crippen LogP contribution in [0, 0.1) is 13.8 Å². The molecule has 0 fully saturated rings. The number of carbonyl (C=O) groups is 2. The second kappa shape index (κ2) is 13.6. The summed E-state index contributed by atoms with van der Waals surface area (Å²) in [5.41, 5.74) is 3.80. The van der Waals surface area contributed by atoms with Gasteiger partial charge in [0.2, 0.25) is 21.8 Å². The van der Waals surface area contributed by atoms with E-state index in [1.54, 1.807) is 30.3 Å². The van der Waals surface area contributed by atoms with Crippen molar-refractivity contribution in [3.05, 3.63) is 100 Å². The SMILES string of the molecule is CCCNC(=O)[C@H](Cc1ccccc1)N(Cc1ccc(Cl)cc1)C(=O)CN(c1ccc(C)cc1C)S(C)(=O)=O. The highest BCUT2D eigenvalue weighted by atomic mass is 35.5. The minimum atomic E-state index is -3.81. The number of hydrogen-bond donors (Lipinski definition) is 1. The third kappa shape index (κ3) is 8.57. The average Bonchev–Trinajstić information content (AvgIpc) is 2.89. The van der Waals surface area contributed by atoms with Gasteiger partial charge in [-0.05, 0) is 55.2 Å². The fraction of sp³-hybridized carbons (Fsp3) is 0.333. The zero-order valence-electron chi connectivity index (χ0n) is 22.9. The molecule has 2 amide bonds. The largest absolute Gasteiger partial charge is 0.354 e. The third-order valence-corrected chi connectivity index (χ3v) is 7.77. The molecular formula is C30H36ClN3O4S. The smallest absolute Gasteiger partial charge is 0.244 e. The first-order chi connectivity index (χ1) is 18.5. The lowest BCUT2D eigenvalue weighted by molar-refractivity contribution is -0.140. The first kappa shape index (κ1) is 30.2. The highest BCUT2D eigenvalue weighted by molar-refractivity contribution is 7.92. The van der Waals surface area contributed by atoms with Gasteiger partial charge in [-0.15, -0.1) is 0 Å². The normalized spacial score (nSPS) is 12.0. The summed E-state index contributed by atoms with van der Waals surface area (Å²) < 4.78 is 27.0. The first-order valence-corrected chi connectivity index (χ1v) is 15.1. The van der Waals surface area contributed by atoms with Gasteiger partial charge in [-0.1, -0.05) is 78.7 Å². The molecule has 1 atom stereocenters. The second-order valence-electron chi connectivity index (χ2n) is 9.70. The van der Waals surface area contributed by atoms with E-state index in [0.29, 0.717) is 17.3 Å². The van der Waals surface area contributed by atoms with E-state index in [2.05, 4.69) is 5.32 Å². The zero-order chi connectivity index (χ0) is 28.6. The molecule has 0 aromatic heterocycles. The van der Waals surface area contributed by atoms with Gasteiger partial charge in [-0.3, -0.25) is 13.9 Å². The predicted octanol–water partition coefficient (Wildman–Crippen LogP) is 4.89. The lowest BCUT2D eigenvalue weighted by Crippen LogP contribution is -2.53. The van der Waals surface area contributed by atoms with Crippen molar-refractivity contribution < 1.29 is 18.0 Å². The molecule has 9 heteroatoms. The van der Waals surface area contributed by atoms with Crippen LogP contribution in [0.1, 0.15) is 35.6 Å². The molecule has 7 nitrogen and oxygen atoms in total. The molecular weight excluding hydrogens is 534 g/mol. The molecule has 3 aromatic carbocycles. The quantitative estimate of drug-likeness (QED) is 0.336. The van der Waals surface area contributed by atoms with Gasteiger partial charge in [-0.25, -0.2) is 8.42 Å². The maximum atomic E-state index is 14.0. The van der Waals surface area contributed by atoms with Gasteiger partial charge in [0.25, 0.3) is 0 Å². The number of anilines is 1. The van der Waals surface area contributed by atoms with Crippen molar-refractivity contribution in [1.29, 1.82) is 0 Å². The second-order valence-corrected chi connectivity index (χ2v) is 12.0. The van der Waals surface area contributed by atoms with Gasteiger partial charge in [0.05, 0.1) is 11.9 Å². The lowest BCUT2D eigenvalue weighted by Gasteiger charge is -2.34. The number of hydrogen-bond acceptors (Lipinski definition) is 4. The predicted molar refractivity (Wildman–Crippen MR) is 157 cm³/mol. The Morgan fingerprint density at radius 3 is 2.21 bits per heavy atom. The monoisotopic (exact) mass is 569 g/mol. The lowest BCUT2D eigenvalue weighted by atomic mass is 10.0. The van der Waals surface area contributed by atoms with Crippen LogP contribution in [0.3, 0.4) is 0 Å². The molecule has 0 spiro atoms. The number of nitrogens with one attached hydrogen (secondary N) is 1. The molecule has 0 aliphatic carbocycles. The summed E-state index contributed by atoms with van der Waals surface area (Å²) in [7, 11) is -3.81. The molecule has 39 heavy (non-hydrogen) atoms. The Morgan fingerprint density at radius 2 is 1.62 bits per heavy atom. The number of benzene rings is 3. The van der Waals surface area contributed by atoms with Crippen molar-refractivity contribution in [3.63, 3.8) is 0 Å². The molecule has 0 saturated heterocycles. The maximum absolute atomic E-state index is 14.0. The van der Waals surface area contributed by atoms with Gasteiger partial charge in [0.15, 0.2) is 0 Å². The summed E-state index contributed by atoms with van der Waals surface area (Å²) in [5, 5.41) is 3.48. The van der Waals surface area contributed by atoms with E-state index >= 15 is 0 Å². The van der Waals surface area contributed by atoms with E-state index in [1.807, 2.05) is 63.2 Å². The fourth-order valence-electron chi connectivity index (χ4n) is 4.39. The van der Waals surface area contributed by atoms with Crippen LogP contribution in [0.5, 0.6) is 0 Å². The summed E-state index contributed by atoms with van der Waals surface area (Å²) in [6.07, 6.45) is 2.10. The number of amides is 2. The van der Waals surface area contributed by atoms with Crippen LogP contribution in [0.15, 0.2) is 72.8 Å². The molecule has 0 aliphatic rings. The number of halogens is 1. The van der Waals surface area contributed by atoms with Crippen LogP contribution in [0.25, 0.3) is 0 Å². The molecule has 1 N–H and O–H groups in total. The third-order valence-electron chi connectivity index (χ3n) is 6.39. The van der Waals surface area contributed by atoms with Gasteiger partial charge in [0, 0.05) is 24.5 Å². The number of aryl methyl sites for hydroxylation is 2. The van der Waals surface area contributed by atoms with Crippen LogP contribution in [0.2, 0.25) is 5.02 Å². The number of sulfonamides is 1. The Morgan fingerprint density at radius 1 is 0.949 bits per heavy atom. The number of rotatable bonds is 12. The van der Waals surface area contributed by atoms with Crippen LogP contribution < -0.4 is 9.62 Å². The van der Waals surface area contributed by atoms with Gasteiger partial charge < -0.3 is 10.2 Å². The maximum Gasteiger partial charge on any atom is 0.244 e. The van der Waals surface area contributed by atoms with E-state index in [4.69, 9.17) is 11.6 Å². The highest BCUT2D eigenvalue weighted by Gasteiger charge is 2.33. The molecule has 3 rings (SSSR count). The van der Waals surface area contributed by atoms with Crippen molar-refractivity contribution in [2.45, 2.75) is 46.2 Å². The molecule has 0 bridgehead atoms. The van der Waals surface area contributed by atoms with Crippen LogP contribution in [-0.4, -0.2) is 50.5 Å². The Balaban J connectivity index is 2.05. The molecule has 0 heterocycles. The van der Waals surface area contributed by atoms with Crippen LogP contribution >= 0.6 is 11.6 Å². The minimum Gasteiger partial charge on any atom is -0.354 e. The minimum absolute atomic E-state index is 0.109. The van der Waals surface area contributed by atoms with Crippen molar-refractivity contribution in [1.82, 2.24) is 10.2 Å². The topological polar surface area (TPSA) is 86.8 Å². The number of nitrogens with zero attached hydrogens (tertiary/aromatic N) is 2. The van der Waals surface area contributed by atoms with Crippen LogP contribution in [0.4, 0.5) is 5.69 Å². The van der Waals surface area contributed by atoms with Gasteiger partial charge >= 0.3 is 0 Å². The van der Waals surface area contributed by atoms with Crippen LogP contribution in [-0.2, 0) is 32.6 Å². The van der Waals surface area contributed by atoms with E-state index < -0.39 is 28.5 Å².